The smallest absolute Gasteiger partial charge is 0.0175 e. The predicted molar refractivity (Wildman–Crippen MR) is 70.7 cm³/mol. The minimum absolute atomic E-state index is 0.732. The van der Waals surface area contributed by atoms with E-state index in [1.165, 1.54) is 17.5 Å². The first-order valence-corrected chi connectivity index (χ1v) is 6.44. The maximum atomic E-state index is 3.48. The zero-order chi connectivity index (χ0) is 11.0. The summed E-state index contributed by atoms with van der Waals surface area (Å²) in [5.41, 5.74) is 2.95. The fourth-order valence-electron chi connectivity index (χ4n) is 2.34. The van der Waals surface area contributed by atoms with Gasteiger partial charge in [-0.15, -0.1) is 0 Å². The summed E-state index contributed by atoms with van der Waals surface area (Å²) in [7, 11) is 0. The van der Waals surface area contributed by atoms with E-state index in [-0.39, 0.29) is 0 Å². The number of rotatable bonds is 2. The van der Waals surface area contributed by atoms with Gasteiger partial charge in [0.05, 0.1) is 0 Å². The van der Waals surface area contributed by atoms with Gasteiger partial charge in [0, 0.05) is 4.47 Å². The van der Waals surface area contributed by atoms with Crippen LogP contribution in [0.1, 0.15) is 29.4 Å². The zero-order valence-electron chi connectivity index (χ0n) is 8.94. The van der Waals surface area contributed by atoms with Gasteiger partial charge >= 0.3 is 0 Å². The van der Waals surface area contributed by atoms with Crippen LogP contribution in [0.15, 0.2) is 59.1 Å². The quantitative estimate of drug-likeness (QED) is 0.742. The second kappa shape index (κ2) is 4.06. The van der Waals surface area contributed by atoms with Gasteiger partial charge in [-0.25, -0.2) is 0 Å². The van der Waals surface area contributed by atoms with Crippen molar-refractivity contribution in [3.8, 4) is 0 Å². The van der Waals surface area contributed by atoms with Crippen molar-refractivity contribution < 1.29 is 0 Å². The van der Waals surface area contributed by atoms with Crippen LogP contribution in [-0.4, -0.2) is 0 Å². The highest BCUT2D eigenvalue weighted by molar-refractivity contribution is 9.10. The molecule has 0 radical (unpaired) electrons. The van der Waals surface area contributed by atoms with E-state index in [2.05, 4.69) is 70.5 Å². The Labute approximate surface area is 104 Å². The van der Waals surface area contributed by atoms with Gasteiger partial charge in [0.15, 0.2) is 0 Å². The molecule has 0 bridgehead atoms. The largest absolute Gasteiger partial charge is 0.0622 e. The molecule has 1 saturated carbocycles. The molecule has 0 N–H and O–H groups in total. The Bertz CT molecular complexity index is 473. The summed E-state index contributed by atoms with van der Waals surface area (Å²) in [5, 5.41) is 0. The average Bonchev–Trinajstić information content (AvgIpc) is 3.11. The van der Waals surface area contributed by atoms with Gasteiger partial charge in [-0.1, -0.05) is 58.4 Å². The summed E-state index contributed by atoms with van der Waals surface area (Å²) in [4.78, 5) is 0. The van der Waals surface area contributed by atoms with E-state index < -0.39 is 0 Å². The molecule has 16 heavy (non-hydrogen) atoms. The van der Waals surface area contributed by atoms with Gasteiger partial charge in [-0.3, -0.25) is 0 Å². The minimum Gasteiger partial charge on any atom is -0.0622 e. The second-order valence-electron chi connectivity index (χ2n) is 4.41. The van der Waals surface area contributed by atoms with Crippen molar-refractivity contribution in [3.63, 3.8) is 0 Å². The number of halogens is 1. The molecule has 0 aromatic heterocycles. The van der Waals surface area contributed by atoms with Crippen LogP contribution in [0.2, 0.25) is 0 Å². The summed E-state index contributed by atoms with van der Waals surface area (Å²) < 4.78 is 1.16. The molecule has 1 aliphatic carbocycles. The normalized spacial score (nSPS) is 23.1. The van der Waals surface area contributed by atoms with Crippen molar-refractivity contribution in [2.24, 2.45) is 0 Å². The van der Waals surface area contributed by atoms with E-state index >= 15 is 0 Å². The molecular weight excluding hydrogens is 260 g/mol. The second-order valence-corrected chi connectivity index (χ2v) is 5.33. The molecule has 1 heteroatoms. The molecule has 0 nitrogen and oxygen atoms in total. The first-order chi connectivity index (χ1) is 7.84. The Balaban J connectivity index is 1.79. The highest BCUT2D eigenvalue weighted by Gasteiger charge is 2.38. The molecule has 0 amide bonds. The van der Waals surface area contributed by atoms with Crippen molar-refractivity contribution >= 4 is 15.9 Å². The molecule has 0 spiro atoms. The van der Waals surface area contributed by atoms with Crippen LogP contribution in [0.3, 0.4) is 0 Å². The molecule has 0 unspecified atom stereocenters. The molecule has 80 valence electrons. The maximum Gasteiger partial charge on any atom is 0.0175 e. The van der Waals surface area contributed by atoms with Crippen LogP contribution in [0.25, 0.3) is 0 Å². The van der Waals surface area contributed by atoms with E-state index in [0.717, 1.165) is 16.3 Å². The van der Waals surface area contributed by atoms with E-state index in [0.29, 0.717) is 0 Å². The van der Waals surface area contributed by atoms with Gasteiger partial charge in [-0.2, -0.15) is 0 Å². The summed E-state index contributed by atoms with van der Waals surface area (Å²) in [6.07, 6.45) is 1.30. The van der Waals surface area contributed by atoms with Gasteiger partial charge in [0.1, 0.15) is 0 Å². The van der Waals surface area contributed by atoms with Crippen LogP contribution in [0.4, 0.5) is 0 Å². The van der Waals surface area contributed by atoms with Gasteiger partial charge < -0.3 is 0 Å². The first kappa shape index (κ1) is 10.1. The van der Waals surface area contributed by atoms with Crippen molar-refractivity contribution in [3.05, 3.63) is 70.2 Å². The summed E-state index contributed by atoms with van der Waals surface area (Å²) in [5.74, 6) is 1.47. The summed E-state index contributed by atoms with van der Waals surface area (Å²) in [6.45, 7) is 0. The minimum atomic E-state index is 0.732. The van der Waals surface area contributed by atoms with Crippen molar-refractivity contribution in [1.82, 2.24) is 0 Å². The van der Waals surface area contributed by atoms with E-state index in [1.807, 2.05) is 0 Å². The van der Waals surface area contributed by atoms with E-state index in [1.54, 1.807) is 0 Å². The third-order valence-corrected chi connectivity index (χ3v) is 3.84. The lowest BCUT2D eigenvalue weighted by molar-refractivity contribution is 1.03. The standard InChI is InChI=1S/C15H13Br/c16-13-8-6-12(7-9-13)15-10-14(15)11-4-2-1-3-5-11/h1-9,14-15H,10H2/t14-,15-/m0/s1. The highest BCUT2D eigenvalue weighted by atomic mass is 79.9. The van der Waals surface area contributed by atoms with Crippen LogP contribution in [0.5, 0.6) is 0 Å². The Morgan fingerprint density at radius 2 is 1.31 bits per heavy atom. The van der Waals surface area contributed by atoms with Crippen LogP contribution in [0, 0.1) is 0 Å². The Morgan fingerprint density at radius 1 is 0.750 bits per heavy atom. The number of hydrogen-bond donors (Lipinski definition) is 0. The molecule has 2 aromatic rings. The van der Waals surface area contributed by atoms with Gasteiger partial charge in [0.25, 0.3) is 0 Å². The third-order valence-electron chi connectivity index (χ3n) is 3.32. The number of benzene rings is 2. The fraction of sp³-hybridized carbons (Fsp3) is 0.200. The Kier molecular flexibility index (Phi) is 2.56. The molecule has 1 aliphatic rings. The molecule has 1 fully saturated rings. The fourth-order valence-corrected chi connectivity index (χ4v) is 2.61. The lowest BCUT2D eigenvalue weighted by Gasteiger charge is -2.01. The molecule has 0 heterocycles. The van der Waals surface area contributed by atoms with E-state index in [4.69, 9.17) is 0 Å². The number of hydrogen-bond acceptors (Lipinski definition) is 0. The lowest BCUT2D eigenvalue weighted by atomic mass is 10.0. The monoisotopic (exact) mass is 272 g/mol. The third kappa shape index (κ3) is 1.92. The molecule has 0 aliphatic heterocycles. The van der Waals surface area contributed by atoms with Gasteiger partial charge in [0.2, 0.25) is 0 Å². The Morgan fingerprint density at radius 3 is 1.94 bits per heavy atom. The van der Waals surface area contributed by atoms with Crippen molar-refractivity contribution in [2.75, 3.05) is 0 Å². The highest BCUT2D eigenvalue weighted by Crippen LogP contribution is 2.54. The SMILES string of the molecule is Brc1ccc([C@@H]2C[C@H]2c2ccccc2)cc1. The maximum absolute atomic E-state index is 3.48. The zero-order valence-corrected chi connectivity index (χ0v) is 10.5. The van der Waals surface area contributed by atoms with Crippen LogP contribution in [-0.2, 0) is 0 Å². The average molecular weight is 273 g/mol. The topological polar surface area (TPSA) is 0 Å². The van der Waals surface area contributed by atoms with Gasteiger partial charge in [-0.05, 0) is 41.5 Å². The molecular formula is C15H13Br. The molecule has 2 aromatic carbocycles. The van der Waals surface area contributed by atoms with Crippen LogP contribution < -0.4 is 0 Å². The summed E-state index contributed by atoms with van der Waals surface area (Å²) in [6, 6.07) is 19.6. The Hall–Kier alpha value is -1.08. The van der Waals surface area contributed by atoms with Crippen molar-refractivity contribution in [2.45, 2.75) is 18.3 Å². The predicted octanol–water partition coefficient (Wildman–Crippen LogP) is 4.72. The lowest BCUT2D eigenvalue weighted by Crippen LogP contribution is -1.83. The van der Waals surface area contributed by atoms with E-state index in [9.17, 15) is 0 Å². The first-order valence-electron chi connectivity index (χ1n) is 5.65. The summed E-state index contributed by atoms with van der Waals surface area (Å²) >= 11 is 3.48. The molecule has 2 atom stereocenters. The van der Waals surface area contributed by atoms with Crippen LogP contribution >= 0.6 is 15.9 Å². The molecule has 0 saturated heterocycles. The van der Waals surface area contributed by atoms with Crippen molar-refractivity contribution in [1.29, 1.82) is 0 Å². The molecule has 3 rings (SSSR count).